The molecule has 0 saturated heterocycles. The Kier molecular flexibility index (Phi) is 6.89. The molecule has 19 heavy (non-hydrogen) atoms. The van der Waals surface area contributed by atoms with Gasteiger partial charge in [-0.3, -0.25) is 0 Å². The molecule has 0 radical (unpaired) electrons. The Balaban J connectivity index is 2.99. The van der Waals surface area contributed by atoms with E-state index in [-0.39, 0.29) is 0 Å². The van der Waals surface area contributed by atoms with E-state index in [2.05, 4.69) is 44.3 Å². The number of rotatable bonds is 8. The Labute approximate surface area is 117 Å². The summed E-state index contributed by atoms with van der Waals surface area (Å²) < 4.78 is 10.7. The molecule has 2 unspecified atom stereocenters. The first-order valence-electron chi connectivity index (χ1n) is 7.00. The minimum absolute atomic E-state index is 0.301. The number of benzene rings is 1. The first-order valence-corrected chi connectivity index (χ1v) is 7.00. The first-order chi connectivity index (χ1) is 9.13. The summed E-state index contributed by atoms with van der Waals surface area (Å²) in [7, 11) is 3.49. The molecular formula is C16H27NO2. The summed E-state index contributed by atoms with van der Waals surface area (Å²) in [6, 6.07) is 6.66. The van der Waals surface area contributed by atoms with Crippen molar-refractivity contribution in [3.63, 3.8) is 0 Å². The second kappa shape index (κ2) is 8.18. The molecule has 3 heteroatoms. The zero-order valence-corrected chi connectivity index (χ0v) is 12.8. The monoisotopic (exact) mass is 265 g/mol. The lowest BCUT2D eigenvalue weighted by Gasteiger charge is -2.27. The summed E-state index contributed by atoms with van der Waals surface area (Å²) in [5.41, 5.74) is 2.51. The van der Waals surface area contributed by atoms with E-state index < -0.39 is 0 Å². The highest BCUT2D eigenvalue weighted by molar-refractivity contribution is 5.39. The van der Waals surface area contributed by atoms with Gasteiger partial charge in [0.15, 0.2) is 0 Å². The number of hydrogen-bond acceptors (Lipinski definition) is 3. The lowest BCUT2D eigenvalue weighted by Crippen LogP contribution is -2.28. The molecule has 0 spiro atoms. The van der Waals surface area contributed by atoms with Crippen molar-refractivity contribution < 1.29 is 9.47 Å². The fourth-order valence-corrected chi connectivity index (χ4v) is 2.40. The molecule has 2 atom stereocenters. The van der Waals surface area contributed by atoms with E-state index in [4.69, 9.17) is 9.47 Å². The van der Waals surface area contributed by atoms with E-state index in [1.165, 1.54) is 11.1 Å². The molecule has 0 aromatic heterocycles. The minimum Gasteiger partial charge on any atom is -0.496 e. The SMILES string of the molecule is CCNC(c1cc(C)ccc1OC)C(C)CCOC. The number of methoxy groups -OCH3 is 2. The molecule has 108 valence electrons. The van der Waals surface area contributed by atoms with E-state index in [0.29, 0.717) is 12.0 Å². The second-order valence-corrected chi connectivity index (χ2v) is 5.04. The van der Waals surface area contributed by atoms with Crippen LogP contribution in [0.1, 0.15) is 37.4 Å². The van der Waals surface area contributed by atoms with Crippen LogP contribution in [0.3, 0.4) is 0 Å². The molecule has 0 bridgehead atoms. The fourth-order valence-electron chi connectivity index (χ4n) is 2.40. The van der Waals surface area contributed by atoms with Crippen LogP contribution >= 0.6 is 0 Å². The van der Waals surface area contributed by atoms with Crippen LogP contribution < -0.4 is 10.1 Å². The third kappa shape index (κ3) is 4.51. The topological polar surface area (TPSA) is 30.5 Å². The van der Waals surface area contributed by atoms with Gasteiger partial charge in [-0.05, 0) is 31.9 Å². The van der Waals surface area contributed by atoms with Gasteiger partial charge >= 0.3 is 0 Å². The zero-order chi connectivity index (χ0) is 14.3. The summed E-state index contributed by atoms with van der Waals surface area (Å²) in [6.07, 6.45) is 1.03. The molecule has 0 aliphatic heterocycles. The third-order valence-corrected chi connectivity index (χ3v) is 3.49. The highest BCUT2D eigenvalue weighted by Gasteiger charge is 2.21. The summed E-state index contributed by atoms with van der Waals surface area (Å²) in [6.45, 7) is 8.24. The van der Waals surface area contributed by atoms with Crippen LogP contribution in [0.4, 0.5) is 0 Å². The van der Waals surface area contributed by atoms with Gasteiger partial charge in [-0.25, -0.2) is 0 Å². The highest BCUT2D eigenvalue weighted by Crippen LogP contribution is 2.32. The highest BCUT2D eigenvalue weighted by atomic mass is 16.5. The molecule has 0 aliphatic carbocycles. The van der Waals surface area contributed by atoms with Crippen molar-refractivity contribution in [2.24, 2.45) is 5.92 Å². The van der Waals surface area contributed by atoms with Crippen LogP contribution in [0.25, 0.3) is 0 Å². The van der Waals surface area contributed by atoms with E-state index in [1.807, 2.05) is 0 Å². The molecule has 0 fully saturated rings. The summed E-state index contributed by atoms with van der Waals surface area (Å²) in [4.78, 5) is 0. The Morgan fingerprint density at radius 2 is 2.00 bits per heavy atom. The maximum Gasteiger partial charge on any atom is 0.123 e. The summed E-state index contributed by atoms with van der Waals surface area (Å²) >= 11 is 0. The number of ether oxygens (including phenoxy) is 2. The van der Waals surface area contributed by atoms with E-state index in [0.717, 1.165) is 25.3 Å². The van der Waals surface area contributed by atoms with Crippen LogP contribution in [0, 0.1) is 12.8 Å². The molecule has 0 amide bonds. The van der Waals surface area contributed by atoms with Gasteiger partial charge in [0.05, 0.1) is 7.11 Å². The molecule has 0 saturated carbocycles. The number of nitrogens with one attached hydrogen (secondary N) is 1. The van der Waals surface area contributed by atoms with Gasteiger partial charge in [0.2, 0.25) is 0 Å². The number of hydrogen-bond donors (Lipinski definition) is 1. The van der Waals surface area contributed by atoms with Crippen molar-refractivity contribution in [1.29, 1.82) is 0 Å². The average molecular weight is 265 g/mol. The molecule has 1 rings (SSSR count). The Hall–Kier alpha value is -1.06. The second-order valence-electron chi connectivity index (χ2n) is 5.04. The van der Waals surface area contributed by atoms with Crippen LogP contribution in [-0.4, -0.2) is 27.4 Å². The summed E-state index contributed by atoms with van der Waals surface area (Å²) in [5.74, 6) is 1.46. The minimum atomic E-state index is 0.301. The van der Waals surface area contributed by atoms with Gasteiger partial charge in [-0.2, -0.15) is 0 Å². The first kappa shape index (κ1) is 16.0. The molecule has 0 aliphatic rings. The predicted molar refractivity (Wildman–Crippen MR) is 79.8 cm³/mol. The van der Waals surface area contributed by atoms with Gasteiger partial charge in [0.25, 0.3) is 0 Å². The van der Waals surface area contributed by atoms with Crippen molar-refractivity contribution >= 4 is 0 Å². The van der Waals surface area contributed by atoms with Gasteiger partial charge < -0.3 is 14.8 Å². The van der Waals surface area contributed by atoms with Crippen LogP contribution in [0.15, 0.2) is 18.2 Å². The molecule has 1 aromatic carbocycles. The maximum absolute atomic E-state index is 5.51. The zero-order valence-electron chi connectivity index (χ0n) is 12.8. The average Bonchev–Trinajstić information content (AvgIpc) is 2.42. The molecular weight excluding hydrogens is 238 g/mol. The molecule has 0 heterocycles. The van der Waals surface area contributed by atoms with Crippen molar-refractivity contribution in [3.05, 3.63) is 29.3 Å². The Morgan fingerprint density at radius 3 is 2.58 bits per heavy atom. The van der Waals surface area contributed by atoms with Crippen LogP contribution in [0.2, 0.25) is 0 Å². The van der Waals surface area contributed by atoms with Crippen LogP contribution in [-0.2, 0) is 4.74 Å². The van der Waals surface area contributed by atoms with Crippen molar-refractivity contribution in [2.45, 2.75) is 33.2 Å². The fraction of sp³-hybridized carbons (Fsp3) is 0.625. The van der Waals surface area contributed by atoms with Crippen LogP contribution in [0.5, 0.6) is 5.75 Å². The third-order valence-electron chi connectivity index (χ3n) is 3.49. The Bertz CT molecular complexity index is 379. The lowest BCUT2D eigenvalue weighted by atomic mass is 9.90. The van der Waals surface area contributed by atoms with Gasteiger partial charge in [-0.15, -0.1) is 0 Å². The summed E-state index contributed by atoms with van der Waals surface area (Å²) in [5, 5.41) is 3.57. The normalized spacial score (nSPS) is 14.2. The predicted octanol–water partition coefficient (Wildman–Crippen LogP) is 3.33. The largest absolute Gasteiger partial charge is 0.496 e. The standard InChI is InChI=1S/C16H27NO2/c1-6-17-16(13(3)9-10-18-4)14-11-12(2)7-8-15(14)19-5/h7-8,11,13,16-17H,6,9-10H2,1-5H3. The number of aryl methyl sites for hydroxylation is 1. The van der Waals surface area contributed by atoms with E-state index in [9.17, 15) is 0 Å². The quantitative estimate of drug-likeness (QED) is 0.782. The van der Waals surface area contributed by atoms with E-state index >= 15 is 0 Å². The Morgan fingerprint density at radius 1 is 1.26 bits per heavy atom. The van der Waals surface area contributed by atoms with Crippen molar-refractivity contribution in [3.8, 4) is 5.75 Å². The molecule has 1 aromatic rings. The molecule has 1 N–H and O–H groups in total. The van der Waals surface area contributed by atoms with Gasteiger partial charge in [-0.1, -0.05) is 31.5 Å². The van der Waals surface area contributed by atoms with Crippen molar-refractivity contribution in [2.75, 3.05) is 27.4 Å². The maximum atomic E-state index is 5.51. The lowest BCUT2D eigenvalue weighted by molar-refractivity contribution is 0.170. The van der Waals surface area contributed by atoms with Crippen molar-refractivity contribution in [1.82, 2.24) is 5.32 Å². The van der Waals surface area contributed by atoms with E-state index in [1.54, 1.807) is 14.2 Å². The smallest absolute Gasteiger partial charge is 0.123 e. The molecule has 3 nitrogen and oxygen atoms in total. The van der Waals surface area contributed by atoms with Gasteiger partial charge in [0.1, 0.15) is 5.75 Å². The van der Waals surface area contributed by atoms with Gasteiger partial charge in [0, 0.05) is 25.3 Å².